The highest BCUT2D eigenvalue weighted by molar-refractivity contribution is 7.98. The first-order chi connectivity index (χ1) is 11.6. The fraction of sp³-hybridized carbons (Fsp3) is 0.125. The van der Waals surface area contributed by atoms with Crippen molar-refractivity contribution in [2.24, 2.45) is 0 Å². The van der Waals surface area contributed by atoms with Gasteiger partial charge in [0.1, 0.15) is 6.54 Å². The van der Waals surface area contributed by atoms with Crippen LogP contribution in [0.1, 0.15) is 0 Å². The molecule has 8 heteroatoms. The molecule has 0 bridgehead atoms. The van der Waals surface area contributed by atoms with Crippen molar-refractivity contribution in [3.8, 4) is 11.4 Å². The van der Waals surface area contributed by atoms with E-state index in [1.165, 1.54) is 4.80 Å². The maximum atomic E-state index is 12.1. The Kier molecular flexibility index (Phi) is 5.12. The Morgan fingerprint density at radius 2 is 2.04 bits per heavy atom. The average Bonchev–Trinajstić information content (AvgIpc) is 3.04. The molecule has 0 unspecified atom stereocenters. The van der Waals surface area contributed by atoms with Crippen molar-refractivity contribution in [3.63, 3.8) is 0 Å². The van der Waals surface area contributed by atoms with Gasteiger partial charge < -0.3 is 5.32 Å². The fourth-order valence-corrected chi connectivity index (χ4v) is 2.64. The van der Waals surface area contributed by atoms with Crippen LogP contribution in [0.5, 0.6) is 0 Å². The summed E-state index contributed by atoms with van der Waals surface area (Å²) in [6.45, 7) is -0.00984. The zero-order valence-electron chi connectivity index (χ0n) is 12.8. The molecule has 3 rings (SSSR count). The standard InChI is InChI=1S/C16H14ClN5OS/c1-24-14-4-2-3-13(9-14)18-15(23)10-22-20-16(19-21-22)11-5-7-12(17)8-6-11/h2-9H,10H2,1H3,(H,18,23). The highest BCUT2D eigenvalue weighted by Crippen LogP contribution is 2.19. The van der Waals surface area contributed by atoms with Gasteiger partial charge in [0, 0.05) is 21.2 Å². The van der Waals surface area contributed by atoms with Gasteiger partial charge in [-0.05, 0) is 53.9 Å². The van der Waals surface area contributed by atoms with E-state index in [2.05, 4.69) is 20.7 Å². The summed E-state index contributed by atoms with van der Waals surface area (Å²) in [4.78, 5) is 14.4. The highest BCUT2D eigenvalue weighted by Gasteiger charge is 2.10. The molecule has 0 saturated heterocycles. The second kappa shape index (κ2) is 7.46. The predicted octanol–water partition coefficient (Wildman–Crippen LogP) is 3.35. The molecule has 24 heavy (non-hydrogen) atoms. The summed E-state index contributed by atoms with van der Waals surface area (Å²) >= 11 is 7.47. The quantitative estimate of drug-likeness (QED) is 0.707. The zero-order valence-corrected chi connectivity index (χ0v) is 14.4. The number of nitrogens with zero attached hydrogens (tertiary/aromatic N) is 4. The molecule has 0 atom stereocenters. The molecule has 0 radical (unpaired) electrons. The van der Waals surface area contributed by atoms with E-state index in [0.29, 0.717) is 10.8 Å². The second-order valence-electron chi connectivity index (χ2n) is 4.93. The number of hydrogen-bond acceptors (Lipinski definition) is 5. The van der Waals surface area contributed by atoms with Crippen LogP contribution in [-0.2, 0) is 11.3 Å². The lowest BCUT2D eigenvalue weighted by molar-refractivity contribution is -0.117. The van der Waals surface area contributed by atoms with E-state index in [-0.39, 0.29) is 12.5 Å². The number of aromatic nitrogens is 4. The van der Waals surface area contributed by atoms with Crippen LogP contribution < -0.4 is 5.32 Å². The number of carbonyl (C=O) groups excluding carboxylic acids is 1. The summed E-state index contributed by atoms with van der Waals surface area (Å²) in [5.41, 5.74) is 1.53. The molecule has 1 amide bonds. The molecule has 122 valence electrons. The van der Waals surface area contributed by atoms with Gasteiger partial charge >= 0.3 is 0 Å². The highest BCUT2D eigenvalue weighted by atomic mass is 35.5. The van der Waals surface area contributed by atoms with Crippen molar-refractivity contribution in [1.29, 1.82) is 0 Å². The van der Waals surface area contributed by atoms with E-state index in [0.717, 1.165) is 16.1 Å². The van der Waals surface area contributed by atoms with Crippen molar-refractivity contribution in [1.82, 2.24) is 20.2 Å². The summed E-state index contributed by atoms with van der Waals surface area (Å²) in [5, 5.41) is 15.5. The number of benzene rings is 2. The molecule has 0 aliphatic rings. The first-order valence-electron chi connectivity index (χ1n) is 7.12. The topological polar surface area (TPSA) is 72.7 Å². The van der Waals surface area contributed by atoms with Gasteiger partial charge in [0.05, 0.1) is 0 Å². The minimum Gasteiger partial charge on any atom is -0.324 e. The number of nitrogens with one attached hydrogen (secondary N) is 1. The number of tetrazole rings is 1. The molecular weight excluding hydrogens is 346 g/mol. The lowest BCUT2D eigenvalue weighted by Crippen LogP contribution is -2.20. The fourth-order valence-electron chi connectivity index (χ4n) is 2.05. The van der Waals surface area contributed by atoms with Crippen molar-refractivity contribution >= 4 is 35.0 Å². The van der Waals surface area contributed by atoms with Crippen molar-refractivity contribution in [2.45, 2.75) is 11.4 Å². The number of anilines is 1. The Bertz CT molecular complexity index is 850. The van der Waals surface area contributed by atoms with Crippen LogP contribution in [0.25, 0.3) is 11.4 Å². The molecule has 1 aromatic heterocycles. The largest absolute Gasteiger partial charge is 0.324 e. The zero-order chi connectivity index (χ0) is 16.9. The normalized spacial score (nSPS) is 10.6. The number of amides is 1. The third-order valence-electron chi connectivity index (χ3n) is 3.19. The Balaban J connectivity index is 1.65. The maximum absolute atomic E-state index is 12.1. The van der Waals surface area contributed by atoms with E-state index in [4.69, 9.17) is 11.6 Å². The van der Waals surface area contributed by atoms with Crippen molar-refractivity contribution in [3.05, 3.63) is 53.6 Å². The molecule has 2 aromatic carbocycles. The molecular formula is C16H14ClN5OS. The van der Waals surface area contributed by atoms with Gasteiger partial charge in [0.15, 0.2) is 0 Å². The summed E-state index contributed by atoms with van der Waals surface area (Å²) in [5.74, 6) is 0.233. The minimum atomic E-state index is -0.215. The molecule has 0 spiro atoms. The number of rotatable bonds is 5. The van der Waals surface area contributed by atoms with Crippen LogP contribution in [0.15, 0.2) is 53.4 Å². The second-order valence-corrected chi connectivity index (χ2v) is 6.25. The van der Waals surface area contributed by atoms with Gasteiger partial charge in [-0.1, -0.05) is 17.7 Å². The third-order valence-corrected chi connectivity index (χ3v) is 4.17. The third kappa shape index (κ3) is 4.12. The molecule has 0 aliphatic heterocycles. The van der Waals surface area contributed by atoms with Gasteiger partial charge in [0.2, 0.25) is 11.7 Å². The number of halogens is 1. The molecule has 0 aliphatic carbocycles. The summed E-state index contributed by atoms with van der Waals surface area (Å²) < 4.78 is 0. The van der Waals surface area contributed by atoms with Crippen LogP contribution >= 0.6 is 23.4 Å². The lowest BCUT2D eigenvalue weighted by Gasteiger charge is -2.05. The Labute approximate surface area is 148 Å². The summed E-state index contributed by atoms with van der Waals surface area (Å²) in [7, 11) is 0. The van der Waals surface area contributed by atoms with Gasteiger partial charge in [-0.2, -0.15) is 4.80 Å². The maximum Gasteiger partial charge on any atom is 0.248 e. The van der Waals surface area contributed by atoms with Crippen LogP contribution in [0.4, 0.5) is 5.69 Å². The van der Waals surface area contributed by atoms with Crippen LogP contribution in [0, 0.1) is 0 Å². The van der Waals surface area contributed by atoms with E-state index in [1.807, 2.05) is 30.5 Å². The van der Waals surface area contributed by atoms with Crippen molar-refractivity contribution in [2.75, 3.05) is 11.6 Å². The van der Waals surface area contributed by atoms with Gasteiger partial charge in [0.25, 0.3) is 0 Å². The van der Waals surface area contributed by atoms with E-state index < -0.39 is 0 Å². The molecule has 0 fully saturated rings. The van der Waals surface area contributed by atoms with Gasteiger partial charge in [-0.15, -0.1) is 22.0 Å². The monoisotopic (exact) mass is 359 g/mol. The van der Waals surface area contributed by atoms with Gasteiger partial charge in [-0.3, -0.25) is 4.79 Å². The summed E-state index contributed by atoms with van der Waals surface area (Å²) in [6.07, 6.45) is 1.98. The van der Waals surface area contributed by atoms with E-state index in [9.17, 15) is 4.79 Å². The van der Waals surface area contributed by atoms with Crippen molar-refractivity contribution < 1.29 is 4.79 Å². The smallest absolute Gasteiger partial charge is 0.248 e. The van der Waals surface area contributed by atoms with E-state index >= 15 is 0 Å². The lowest BCUT2D eigenvalue weighted by atomic mass is 10.2. The predicted molar refractivity (Wildman–Crippen MR) is 95.1 cm³/mol. The first-order valence-corrected chi connectivity index (χ1v) is 8.72. The molecule has 0 saturated carbocycles. The Morgan fingerprint density at radius 1 is 1.25 bits per heavy atom. The SMILES string of the molecule is CSc1cccc(NC(=O)Cn2nnc(-c3ccc(Cl)cc3)n2)c1. The average molecular weight is 360 g/mol. The number of hydrogen-bond donors (Lipinski definition) is 1. The number of carbonyl (C=O) groups is 1. The summed E-state index contributed by atoms with van der Waals surface area (Å²) in [6, 6.07) is 14.7. The Hall–Kier alpha value is -2.38. The molecule has 1 N–H and O–H groups in total. The van der Waals surface area contributed by atoms with Crippen LogP contribution in [-0.4, -0.2) is 32.4 Å². The Morgan fingerprint density at radius 3 is 2.79 bits per heavy atom. The van der Waals surface area contributed by atoms with Crippen LogP contribution in [0.3, 0.4) is 0 Å². The minimum absolute atomic E-state index is 0.00984. The molecule has 1 heterocycles. The molecule has 3 aromatic rings. The van der Waals surface area contributed by atoms with Gasteiger partial charge in [-0.25, -0.2) is 0 Å². The molecule has 6 nitrogen and oxygen atoms in total. The van der Waals surface area contributed by atoms with E-state index in [1.54, 1.807) is 36.0 Å². The number of thioether (sulfide) groups is 1. The van der Waals surface area contributed by atoms with Crippen LogP contribution in [0.2, 0.25) is 5.02 Å². The first kappa shape index (κ1) is 16.5.